The molecule has 1 aromatic carbocycles. The van der Waals surface area contributed by atoms with E-state index in [2.05, 4.69) is 56.8 Å². The SMILES string of the molecule is CCNC(=NCc1ccc(N2CCSCC2)cc1)NC1CCc2nc(COC)nn2C1.I. The first-order valence-electron chi connectivity index (χ1n) is 11.1. The Hall–Kier alpha value is -1.53. The summed E-state index contributed by atoms with van der Waals surface area (Å²) in [4.78, 5) is 11.8. The predicted octanol–water partition coefficient (Wildman–Crippen LogP) is 2.67. The Morgan fingerprint density at radius 3 is 2.75 bits per heavy atom. The minimum absolute atomic E-state index is 0. The van der Waals surface area contributed by atoms with E-state index >= 15 is 0 Å². The Morgan fingerprint density at radius 1 is 1.25 bits per heavy atom. The van der Waals surface area contributed by atoms with Crippen LogP contribution in [0.1, 0.15) is 30.6 Å². The highest BCUT2D eigenvalue weighted by Crippen LogP contribution is 2.20. The number of hydrogen-bond donors (Lipinski definition) is 2. The second-order valence-corrected chi connectivity index (χ2v) is 9.13. The molecule has 2 aliphatic heterocycles. The summed E-state index contributed by atoms with van der Waals surface area (Å²) in [5, 5.41) is 11.5. The maximum atomic E-state index is 5.16. The number of aryl methyl sites for hydroxylation is 1. The lowest BCUT2D eigenvalue weighted by molar-refractivity contribution is 0.177. The third-order valence-electron chi connectivity index (χ3n) is 5.59. The lowest BCUT2D eigenvalue weighted by Crippen LogP contribution is -2.47. The number of guanidine groups is 1. The number of aliphatic imine (C=N–C) groups is 1. The van der Waals surface area contributed by atoms with Crippen molar-refractivity contribution in [3.8, 4) is 0 Å². The Balaban J connectivity index is 0.00000289. The summed E-state index contributed by atoms with van der Waals surface area (Å²) < 4.78 is 7.15. The zero-order chi connectivity index (χ0) is 21.5. The molecule has 1 aromatic heterocycles. The van der Waals surface area contributed by atoms with Crippen LogP contribution in [0.3, 0.4) is 0 Å². The van der Waals surface area contributed by atoms with Gasteiger partial charge in [0.05, 0.1) is 13.1 Å². The molecule has 1 fully saturated rings. The van der Waals surface area contributed by atoms with Gasteiger partial charge in [0.2, 0.25) is 0 Å². The number of aromatic nitrogens is 3. The van der Waals surface area contributed by atoms with Crippen molar-refractivity contribution in [1.29, 1.82) is 0 Å². The fourth-order valence-electron chi connectivity index (χ4n) is 3.99. The molecule has 2 aliphatic rings. The normalized spacial score (nSPS) is 18.6. The molecule has 1 atom stereocenters. The maximum absolute atomic E-state index is 5.16. The smallest absolute Gasteiger partial charge is 0.191 e. The number of nitrogens with zero attached hydrogens (tertiary/aromatic N) is 5. The summed E-state index contributed by atoms with van der Waals surface area (Å²) in [5.41, 5.74) is 2.54. The molecular formula is C22H34IN7OS. The highest BCUT2D eigenvalue weighted by molar-refractivity contribution is 14.0. The Labute approximate surface area is 212 Å². The van der Waals surface area contributed by atoms with Crippen molar-refractivity contribution in [1.82, 2.24) is 25.4 Å². The number of thioether (sulfide) groups is 1. The van der Waals surface area contributed by atoms with Gasteiger partial charge in [-0.3, -0.25) is 0 Å². The maximum Gasteiger partial charge on any atom is 0.191 e. The third kappa shape index (κ3) is 6.74. The van der Waals surface area contributed by atoms with E-state index in [0.29, 0.717) is 13.2 Å². The zero-order valence-electron chi connectivity index (χ0n) is 18.9. The molecule has 0 amide bonds. The zero-order valence-corrected chi connectivity index (χ0v) is 22.1. The van der Waals surface area contributed by atoms with Gasteiger partial charge in [0.15, 0.2) is 11.8 Å². The first-order valence-corrected chi connectivity index (χ1v) is 12.3. The highest BCUT2D eigenvalue weighted by atomic mass is 127. The Morgan fingerprint density at radius 2 is 2.03 bits per heavy atom. The van der Waals surface area contributed by atoms with Crippen molar-refractivity contribution in [3.63, 3.8) is 0 Å². The van der Waals surface area contributed by atoms with E-state index in [4.69, 9.17) is 9.73 Å². The van der Waals surface area contributed by atoms with E-state index in [1.54, 1.807) is 7.11 Å². The van der Waals surface area contributed by atoms with E-state index in [9.17, 15) is 0 Å². The first kappa shape index (κ1) is 25.1. The van der Waals surface area contributed by atoms with Gasteiger partial charge < -0.3 is 20.3 Å². The average Bonchev–Trinajstić information content (AvgIpc) is 3.20. The van der Waals surface area contributed by atoms with Crippen LogP contribution in [-0.4, -0.2) is 65.0 Å². The van der Waals surface area contributed by atoms with Crippen LogP contribution in [0.5, 0.6) is 0 Å². The fraction of sp³-hybridized carbons (Fsp3) is 0.591. The molecule has 8 nitrogen and oxygen atoms in total. The molecule has 2 N–H and O–H groups in total. The molecule has 0 spiro atoms. The predicted molar refractivity (Wildman–Crippen MR) is 142 cm³/mol. The quantitative estimate of drug-likeness (QED) is 0.301. The summed E-state index contributed by atoms with van der Waals surface area (Å²) in [5.74, 6) is 5.08. The van der Waals surface area contributed by atoms with Gasteiger partial charge in [-0.15, -0.1) is 24.0 Å². The summed E-state index contributed by atoms with van der Waals surface area (Å²) in [6, 6.07) is 9.13. The molecule has 0 saturated carbocycles. The van der Waals surface area contributed by atoms with Gasteiger partial charge in [0.1, 0.15) is 12.4 Å². The molecule has 1 saturated heterocycles. The molecule has 3 heterocycles. The van der Waals surface area contributed by atoms with Crippen LogP contribution in [0.25, 0.3) is 0 Å². The van der Waals surface area contributed by atoms with E-state index in [1.807, 2.05) is 16.4 Å². The number of hydrogen-bond acceptors (Lipinski definition) is 6. The van der Waals surface area contributed by atoms with Crippen molar-refractivity contribution in [2.45, 2.75) is 45.5 Å². The Bertz CT molecular complexity index is 868. The summed E-state index contributed by atoms with van der Waals surface area (Å²) in [6.45, 7) is 7.10. The molecule has 10 heteroatoms. The second kappa shape index (κ2) is 12.6. The minimum atomic E-state index is 0. The number of nitrogens with one attached hydrogen (secondary N) is 2. The van der Waals surface area contributed by atoms with Crippen LogP contribution in [0.2, 0.25) is 0 Å². The van der Waals surface area contributed by atoms with Crippen LogP contribution in [-0.2, 0) is 30.9 Å². The van der Waals surface area contributed by atoms with Crippen LogP contribution in [0.15, 0.2) is 29.3 Å². The monoisotopic (exact) mass is 571 g/mol. The van der Waals surface area contributed by atoms with Crippen molar-refractivity contribution < 1.29 is 4.74 Å². The van der Waals surface area contributed by atoms with Gasteiger partial charge in [-0.25, -0.2) is 14.7 Å². The van der Waals surface area contributed by atoms with Crippen molar-refractivity contribution in [2.75, 3.05) is 43.1 Å². The third-order valence-corrected chi connectivity index (χ3v) is 6.54. The van der Waals surface area contributed by atoms with Crippen LogP contribution in [0.4, 0.5) is 5.69 Å². The molecule has 176 valence electrons. The first-order chi connectivity index (χ1) is 15.2. The summed E-state index contributed by atoms with van der Waals surface area (Å²) in [6.07, 6.45) is 1.92. The number of rotatable bonds is 7. The second-order valence-electron chi connectivity index (χ2n) is 7.90. The Kier molecular flexibility index (Phi) is 9.92. The highest BCUT2D eigenvalue weighted by Gasteiger charge is 2.22. The van der Waals surface area contributed by atoms with E-state index < -0.39 is 0 Å². The van der Waals surface area contributed by atoms with E-state index in [0.717, 1.165) is 56.6 Å². The topological polar surface area (TPSA) is 79.6 Å². The minimum Gasteiger partial charge on any atom is -0.377 e. The molecule has 1 unspecified atom stereocenters. The summed E-state index contributed by atoms with van der Waals surface area (Å²) >= 11 is 2.04. The van der Waals surface area contributed by atoms with Crippen LogP contribution >= 0.6 is 35.7 Å². The van der Waals surface area contributed by atoms with Crippen molar-refractivity contribution >= 4 is 47.4 Å². The average molecular weight is 572 g/mol. The number of halogens is 1. The molecule has 0 aliphatic carbocycles. The number of benzene rings is 1. The molecular weight excluding hydrogens is 537 g/mol. The van der Waals surface area contributed by atoms with Gasteiger partial charge in [-0.05, 0) is 31.0 Å². The van der Waals surface area contributed by atoms with Gasteiger partial charge in [0, 0.05) is 56.4 Å². The molecule has 2 aromatic rings. The van der Waals surface area contributed by atoms with E-state index in [-0.39, 0.29) is 30.0 Å². The lowest BCUT2D eigenvalue weighted by atomic mass is 10.1. The van der Waals surface area contributed by atoms with E-state index in [1.165, 1.54) is 22.8 Å². The molecule has 0 bridgehead atoms. The van der Waals surface area contributed by atoms with Gasteiger partial charge >= 0.3 is 0 Å². The van der Waals surface area contributed by atoms with Crippen LogP contribution in [0, 0.1) is 0 Å². The molecule has 0 radical (unpaired) electrons. The largest absolute Gasteiger partial charge is 0.377 e. The number of methoxy groups -OCH3 is 1. The molecule has 32 heavy (non-hydrogen) atoms. The standard InChI is InChI=1S/C22H33N7OS.HI/c1-3-23-22(25-18-6-9-21-26-20(16-30-2)27-29(21)15-18)24-14-17-4-7-19(8-5-17)28-10-12-31-13-11-28;/h4-5,7-8,18H,3,6,9-16H2,1-2H3,(H2,23,24,25);1H. The van der Waals surface area contributed by atoms with Crippen molar-refractivity contribution in [3.05, 3.63) is 41.5 Å². The van der Waals surface area contributed by atoms with Gasteiger partial charge in [-0.1, -0.05) is 12.1 Å². The fourth-order valence-corrected chi connectivity index (χ4v) is 4.89. The van der Waals surface area contributed by atoms with Crippen molar-refractivity contribution in [2.24, 2.45) is 4.99 Å². The number of ether oxygens (including phenoxy) is 1. The number of fused-ring (bicyclic) bond motifs is 1. The van der Waals surface area contributed by atoms with Gasteiger partial charge in [-0.2, -0.15) is 16.9 Å². The van der Waals surface area contributed by atoms with Crippen LogP contribution < -0.4 is 15.5 Å². The lowest BCUT2D eigenvalue weighted by Gasteiger charge is -2.28. The van der Waals surface area contributed by atoms with Gasteiger partial charge in [0.25, 0.3) is 0 Å². The summed E-state index contributed by atoms with van der Waals surface area (Å²) in [7, 11) is 1.67. The number of anilines is 1. The molecule has 4 rings (SSSR count).